The Kier molecular flexibility index (Phi) is 3.57. The molecule has 0 bridgehead atoms. The van der Waals surface area contributed by atoms with Crippen molar-refractivity contribution < 1.29 is 4.79 Å². The molecule has 0 aliphatic carbocycles. The molecule has 23 heavy (non-hydrogen) atoms. The van der Waals surface area contributed by atoms with Crippen LogP contribution in [-0.2, 0) is 14.1 Å². The molecule has 0 radical (unpaired) electrons. The van der Waals surface area contributed by atoms with Crippen LogP contribution in [0.1, 0.15) is 10.4 Å². The Labute approximate surface area is 131 Å². The van der Waals surface area contributed by atoms with Crippen LogP contribution in [0.15, 0.2) is 58.3 Å². The SMILES string of the molecule is Cn1cc(NC(=O)c2cccc3ccccc23)c(=O)n(C)c1=O. The number of fused-ring (bicyclic) bond motifs is 1. The summed E-state index contributed by atoms with van der Waals surface area (Å²) in [6.45, 7) is 0. The van der Waals surface area contributed by atoms with E-state index in [1.54, 1.807) is 12.1 Å². The number of nitrogens with zero attached hydrogens (tertiary/aromatic N) is 2. The van der Waals surface area contributed by atoms with E-state index in [-0.39, 0.29) is 5.69 Å². The lowest BCUT2D eigenvalue weighted by atomic mass is 10.0. The summed E-state index contributed by atoms with van der Waals surface area (Å²) in [7, 11) is 2.90. The number of rotatable bonds is 2. The van der Waals surface area contributed by atoms with E-state index in [0.717, 1.165) is 15.3 Å². The maximum Gasteiger partial charge on any atom is 0.330 e. The fraction of sp³-hybridized carbons (Fsp3) is 0.118. The smallest absolute Gasteiger partial charge is 0.316 e. The van der Waals surface area contributed by atoms with Crippen molar-refractivity contribution in [3.8, 4) is 0 Å². The Morgan fingerprint density at radius 1 is 1.00 bits per heavy atom. The van der Waals surface area contributed by atoms with Gasteiger partial charge in [-0.25, -0.2) is 4.79 Å². The van der Waals surface area contributed by atoms with E-state index in [2.05, 4.69) is 5.32 Å². The van der Waals surface area contributed by atoms with Gasteiger partial charge in [0.25, 0.3) is 11.5 Å². The molecule has 1 amide bonds. The van der Waals surface area contributed by atoms with Crippen LogP contribution in [0, 0.1) is 0 Å². The molecule has 116 valence electrons. The number of hydrogen-bond donors (Lipinski definition) is 1. The normalized spacial score (nSPS) is 10.7. The molecule has 0 spiro atoms. The molecule has 0 aliphatic heterocycles. The predicted octanol–water partition coefficient (Wildman–Crippen LogP) is 1.49. The second-order valence-corrected chi connectivity index (χ2v) is 5.28. The Hall–Kier alpha value is -3.15. The summed E-state index contributed by atoms with van der Waals surface area (Å²) < 4.78 is 2.21. The minimum Gasteiger partial charge on any atom is -0.316 e. The maximum absolute atomic E-state index is 12.5. The van der Waals surface area contributed by atoms with E-state index in [4.69, 9.17) is 0 Å². The van der Waals surface area contributed by atoms with E-state index < -0.39 is 17.2 Å². The molecule has 3 aromatic rings. The van der Waals surface area contributed by atoms with Gasteiger partial charge in [0, 0.05) is 25.9 Å². The van der Waals surface area contributed by atoms with Crippen LogP contribution in [0.5, 0.6) is 0 Å². The van der Waals surface area contributed by atoms with Gasteiger partial charge in [0.2, 0.25) is 0 Å². The molecular formula is C17H15N3O3. The summed E-state index contributed by atoms with van der Waals surface area (Å²) in [5, 5.41) is 4.33. The van der Waals surface area contributed by atoms with Gasteiger partial charge in [-0.05, 0) is 16.8 Å². The predicted molar refractivity (Wildman–Crippen MR) is 88.8 cm³/mol. The number of aromatic nitrogens is 2. The van der Waals surface area contributed by atoms with Crippen LogP contribution in [0.2, 0.25) is 0 Å². The average molecular weight is 309 g/mol. The molecule has 1 N–H and O–H groups in total. The quantitative estimate of drug-likeness (QED) is 0.779. The molecule has 0 aliphatic rings. The third-order valence-corrected chi connectivity index (χ3v) is 3.73. The minimum absolute atomic E-state index is 0.0625. The maximum atomic E-state index is 12.5. The molecule has 1 heterocycles. The molecular weight excluding hydrogens is 294 g/mol. The number of anilines is 1. The van der Waals surface area contributed by atoms with Crippen molar-refractivity contribution in [3.05, 3.63) is 75.1 Å². The Bertz CT molecular complexity index is 1030. The second-order valence-electron chi connectivity index (χ2n) is 5.28. The Morgan fingerprint density at radius 3 is 2.48 bits per heavy atom. The van der Waals surface area contributed by atoms with Crippen LogP contribution in [0.25, 0.3) is 10.8 Å². The third kappa shape index (κ3) is 2.55. The average Bonchev–Trinajstić information content (AvgIpc) is 2.57. The number of benzene rings is 2. The molecule has 0 saturated heterocycles. The van der Waals surface area contributed by atoms with Gasteiger partial charge in [-0.15, -0.1) is 0 Å². The van der Waals surface area contributed by atoms with Crippen LogP contribution in [-0.4, -0.2) is 15.0 Å². The van der Waals surface area contributed by atoms with Gasteiger partial charge in [0.1, 0.15) is 5.69 Å². The van der Waals surface area contributed by atoms with Crippen molar-refractivity contribution in [2.45, 2.75) is 0 Å². The van der Waals surface area contributed by atoms with Crippen molar-refractivity contribution in [2.75, 3.05) is 5.32 Å². The van der Waals surface area contributed by atoms with E-state index >= 15 is 0 Å². The molecule has 0 saturated carbocycles. The monoisotopic (exact) mass is 309 g/mol. The van der Waals surface area contributed by atoms with Crippen molar-refractivity contribution in [1.29, 1.82) is 0 Å². The highest BCUT2D eigenvalue weighted by Crippen LogP contribution is 2.19. The molecule has 6 nitrogen and oxygen atoms in total. The van der Waals surface area contributed by atoms with Gasteiger partial charge in [-0.3, -0.25) is 14.2 Å². The highest BCUT2D eigenvalue weighted by molar-refractivity contribution is 6.12. The van der Waals surface area contributed by atoms with Crippen LogP contribution in [0.3, 0.4) is 0 Å². The molecule has 2 aromatic carbocycles. The van der Waals surface area contributed by atoms with Gasteiger partial charge in [-0.2, -0.15) is 0 Å². The summed E-state index contributed by atoms with van der Waals surface area (Å²) in [4.78, 5) is 36.3. The molecule has 0 unspecified atom stereocenters. The highest BCUT2D eigenvalue weighted by Gasteiger charge is 2.13. The van der Waals surface area contributed by atoms with Crippen molar-refractivity contribution >= 4 is 22.4 Å². The summed E-state index contributed by atoms with van der Waals surface area (Å²) in [5.74, 6) is -0.391. The van der Waals surface area contributed by atoms with E-state index in [9.17, 15) is 14.4 Å². The lowest BCUT2D eigenvalue weighted by molar-refractivity contribution is 0.102. The summed E-state index contributed by atoms with van der Waals surface area (Å²) >= 11 is 0. The fourth-order valence-electron chi connectivity index (χ4n) is 2.51. The number of carbonyl (C=O) groups is 1. The standard InChI is InChI=1S/C17H15N3O3/c1-19-10-14(16(22)20(2)17(19)23)18-15(21)13-9-5-7-11-6-3-4-8-12(11)13/h3-10H,1-2H3,(H,18,21). The zero-order valence-electron chi connectivity index (χ0n) is 12.7. The second kappa shape index (κ2) is 5.57. The van der Waals surface area contributed by atoms with Crippen molar-refractivity contribution in [1.82, 2.24) is 9.13 Å². The van der Waals surface area contributed by atoms with Gasteiger partial charge in [0.15, 0.2) is 0 Å². The van der Waals surface area contributed by atoms with Gasteiger partial charge < -0.3 is 9.88 Å². The topological polar surface area (TPSA) is 73.1 Å². The van der Waals surface area contributed by atoms with Gasteiger partial charge >= 0.3 is 5.69 Å². The zero-order valence-corrected chi connectivity index (χ0v) is 12.7. The van der Waals surface area contributed by atoms with E-state index in [1.165, 1.54) is 24.9 Å². The lowest BCUT2D eigenvalue weighted by Crippen LogP contribution is -2.38. The zero-order chi connectivity index (χ0) is 16.6. The largest absolute Gasteiger partial charge is 0.330 e. The molecule has 6 heteroatoms. The van der Waals surface area contributed by atoms with E-state index in [1.807, 2.05) is 30.3 Å². The molecule has 3 rings (SSSR count). The fourth-order valence-corrected chi connectivity index (χ4v) is 2.51. The van der Waals surface area contributed by atoms with Gasteiger partial charge in [0.05, 0.1) is 0 Å². The number of nitrogens with one attached hydrogen (secondary N) is 1. The number of aryl methyl sites for hydroxylation is 1. The number of amides is 1. The first-order valence-electron chi connectivity index (χ1n) is 7.05. The van der Waals surface area contributed by atoms with Crippen LogP contribution >= 0.6 is 0 Å². The summed E-state index contributed by atoms with van der Waals surface area (Å²) in [5.41, 5.74) is -0.452. The van der Waals surface area contributed by atoms with Crippen LogP contribution < -0.4 is 16.6 Å². The lowest BCUT2D eigenvalue weighted by Gasteiger charge is -2.10. The van der Waals surface area contributed by atoms with Crippen LogP contribution in [0.4, 0.5) is 5.69 Å². The first-order chi connectivity index (χ1) is 11.0. The summed E-state index contributed by atoms with van der Waals surface area (Å²) in [6.07, 6.45) is 1.33. The molecule has 1 aromatic heterocycles. The van der Waals surface area contributed by atoms with E-state index in [0.29, 0.717) is 5.56 Å². The molecule has 0 atom stereocenters. The Morgan fingerprint density at radius 2 is 1.70 bits per heavy atom. The number of hydrogen-bond acceptors (Lipinski definition) is 3. The first kappa shape index (κ1) is 14.8. The Balaban J connectivity index is 2.06. The van der Waals surface area contributed by atoms with Gasteiger partial charge in [-0.1, -0.05) is 36.4 Å². The molecule has 0 fully saturated rings. The highest BCUT2D eigenvalue weighted by atomic mass is 16.2. The third-order valence-electron chi connectivity index (χ3n) is 3.73. The van der Waals surface area contributed by atoms with Crippen molar-refractivity contribution in [3.63, 3.8) is 0 Å². The summed E-state index contributed by atoms with van der Waals surface area (Å²) in [6, 6.07) is 12.9. The minimum atomic E-state index is -0.540. The van der Waals surface area contributed by atoms with Crippen molar-refractivity contribution in [2.24, 2.45) is 14.1 Å². The first-order valence-corrected chi connectivity index (χ1v) is 7.05. The number of carbonyl (C=O) groups excluding carboxylic acids is 1.